The minimum atomic E-state index is -0.512. The predicted molar refractivity (Wildman–Crippen MR) is 87.1 cm³/mol. The maximum absolute atomic E-state index is 13.6. The van der Waals surface area contributed by atoms with Crippen LogP contribution in [0.2, 0.25) is 5.02 Å². The zero-order valence-electron chi connectivity index (χ0n) is 12.8. The van der Waals surface area contributed by atoms with Crippen molar-refractivity contribution in [1.82, 2.24) is 15.1 Å². The molecule has 1 aromatic carbocycles. The molecule has 0 bridgehead atoms. The zero-order valence-corrected chi connectivity index (χ0v) is 13.6. The fraction of sp³-hybridized carbons (Fsp3) is 0.375. The van der Waals surface area contributed by atoms with Crippen molar-refractivity contribution >= 4 is 23.2 Å². The van der Waals surface area contributed by atoms with E-state index in [1.165, 1.54) is 12.1 Å². The summed E-state index contributed by atoms with van der Waals surface area (Å²) < 4.78 is 15.4. The van der Waals surface area contributed by atoms with Gasteiger partial charge in [-0.3, -0.25) is 9.48 Å². The summed E-state index contributed by atoms with van der Waals surface area (Å²) in [4.78, 5) is 14.0. The maximum atomic E-state index is 13.6. The number of carbonyl (C=O) groups excluding carboxylic acids is 1. The Morgan fingerprint density at radius 2 is 2.30 bits per heavy atom. The zero-order chi connectivity index (χ0) is 16.4. The first kappa shape index (κ1) is 16.0. The number of nitrogens with one attached hydrogen (secondary N) is 1. The van der Waals surface area contributed by atoms with Crippen molar-refractivity contribution in [2.75, 3.05) is 18.0 Å². The molecule has 1 saturated heterocycles. The Labute approximate surface area is 139 Å². The van der Waals surface area contributed by atoms with Gasteiger partial charge in [0.1, 0.15) is 5.82 Å². The number of aryl methyl sites for hydroxylation is 1. The maximum Gasteiger partial charge on any atom is 0.244 e. The Hall–Kier alpha value is -1.92. The average molecular weight is 337 g/mol. The standard InChI is InChI=1S/C16H18ClFN4O/c1-11-9-20-21(10-11)7-5-19-15-4-6-22(16(15)23)12-2-3-13(17)14(18)8-12/h2-3,8-10,15,19H,4-7H2,1H3. The molecule has 2 aromatic rings. The van der Waals surface area contributed by atoms with Gasteiger partial charge in [-0.05, 0) is 37.1 Å². The monoisotopic (exact) mass is 336 g/mol. The molecule has 1 aromatic heterocycles. The lowest BCUT2D eigenvalue weighted by Gasteiger charge is -2.17. The van der Waals surface area contributed by atoms with Crippen LogP contribution in [0.25, 0.3) is 0 Å². The molecule has 1 unspecified atom stereocenters. The molecule has 0 aliphatic carbocycles. The molecule has 5 nitrogen and oxygen atoms in total. The second kappa shape index (κ2) is 6.68. The SMILES string of the molecule is Cc1cnn(CCNC2CCN(c3ccc(Cl)c(F)c3)C2=O)c1. The number of benzene rings is 1. The third-order valence-electron chi connectivity index (χ3n) is 3.91. The van der Waals surface area contributed by atoms with E-state index < -0.39 is 5.82 Å². The molecule has 1 N–H and O–H groups in total. The smallest absolute Gasteiger partial charge is 0.244 e. The van der Waals surface area contributed by atoms with Gasteiger partial charge >= 0.3 is 0 Å². The molecule has 3 rings (SSSR count). The van der Waals surface area contributed by atoms with E-state index in [1.807, 2.05) is 17.8 Å². The molecule has 23 heavy (non-hydrogen) atoms. The van der Waals surface area contributed by atoms with Gasteiger partial charge in [-0.25, -0.2) is 4.39 Å². The van der Waals surface area contributed by atoms with Crippen LogP contribution >= 0.6 is 11.6 Å². The largest absolute Gasteiger partial charge is 0.311 e. The first-order valence-corrected chi connectivity index (χ1v) is 7.91. The molecule has 122 valence electrons. The van der Waals surface area contributed by atoms with Crippen molar-refractivity contribution in [3.8, 4) is 0 Å². The number of nitrogens with zero attached hydrogens (tertiary/aromatic N) is 3. The van der Waals surface area contributed by atoms with Gasteiger partial charge in [-0.1, -0.05) is 11.6 Å². The van der Waals surface area contributed by atoms with E-state index in [-0.39, 0.29) is 17.0 Å². The van der Waals surface area contributed by atoms with Crippen LogP contribution in [0.4, 0.5) is 10.1 Å². The first-order chi connectivity index (χ1) is 11.0. The molecular formula is C16H18ClFN4O. The number of rotatable bonds is 5. The first-order valence-electron chi connectivity index (χ1n) is 7.53. The topological polar surface area (TPSA) is 50.2 Å². The van der Waals surface area contributed by atoms with Crippen molar-refractivity contribution in [2.45, 2.75) is 25.9 Å². The van der Waals surface area contributed by atoms with E-state index in [0.717, 1.165) is 5.56 Å². The summed E-state index contributed by atoms with van der Waals surface area (Å²) in [5, 5.41) is 7.51. The highest BCUT2D eigenvalue weighted by molar-refractivity contribution is 6.30. The van der Waals surface area contributed by atoms with Crippen LogP contribution in [0.15, 0.2) is 30.6 Å². The molecule has 7 heteroatoms. The molecule has 0 radical (unpaired) electrons. The molecule has 1 amide bonds. The Morgan fingerprint density at radius 3 is 3.00 bits per heavy atom. The van der Waals surface area contributed by atoms with Crippen molar-refractivity contribution in [3.63, 3.8) is 0 Å². The van der Waals surface area contributed by atoms with E-state index in [4.69, 9.17) is 11.6 Å². The Morgan fingerprint density at radius 1 is 1.48 bits per heavy atom. The third kappa shape index (κ3) is 3.54. The number of hydrogen-bond acceptors (Lipinski definition) is 3. The normalized spacial score (nSPS) is 18.0. The Bertz CT molecular complexity index is 718. The lowest BCUT2D eigenvalue weighted by atomic mass is 10.2. The summed E-state index contributed by atoms with van der Waals surface area (Å²) in [6.07, 6.45) is 4.46. The van der Waals surface area contributed by atoms with Gasteiger partial charge in [0.05, 0.1) is 23.8 Å². The van der Waals surface area contributed by atoms with Crippen molar-refractivity contribution in [1.29, 1.82) is 0 Å². The molecule has 0 saturated carbocycles. The number of anilines is 1. The van der Waals surface area contributed by atoms with E-state index in [2.05, 4.69) is 10.4 Å². The van der Waals surface area contributed by atoms with Crippen LogP contribution in [-0.2, 0) is 11.3 Å². The molecular weight excluding hydrogens is 319 g/mol. The highest BCUT2D eigenvalue weighted by Crippen LogP contribution is 2.25. The van der Waals surface area contributed by atoms with Gasteiger partial charge in [0.2, 0.25) is 5.91 Å². The highest BCUT2D eigenvalue weighted by Gasteiger charge is 2.32. The number of aromatic nitrogens is 2. The van der Waals surface area contributed by atoms with Gasteiger partial charge in [0, 0.05) is 25.0 Å². The molecule has 1 aliphatic heterocycles. The summed E-state index contributed by atoms with van der Waals surface area (Å²) in [5.41, 5.74) is 1.65. The number of hydrogen-bond donors (Lipinski definition) is 1. The lowest BCUT2D eigenvalue weighted by molar-refractivity contribution is -0.118. The van der Waals surface area contributed by atoms with E-state index in [1.54, 1.807) is 17.2 Å². The van der Waals surface area contributed by atoms with E-state index in [9.17, 15) is 9.18 Å². The predicted octanol–water partition coefficient (Wildman–Crippen LogP) is 2.38. The molecule has 1 atom stereocenters. The van der Waals surface area contributed by atoms with Crippen LogP contribution < -0.4 is 10.2 Å². The van der Waals surface area contributed by atoms with Crippen molar-refractivity contribution < 1.29 is 9.18 Å². The second-order valence-electron chi connectivity index (χ2n) is 5.66. The summed E-state index contributed by atoms with van der Waals surface area (Å²) >= 11 is 5.68. The Kier molecular flexibility index (Phi) is 4.63. The lowest BCUT2D eigenvalue weighted by Crippen LogP contribution is -2.39. The van der Waals surface area contributed by atoms with Gasteiger partial charge in [0.15, 0.2) is 0 Å². The van der Waals surface area contributed by atoms with Gasteiger partial charge < -0.3 is 10.2 Å². The molecule has 1 fully saturated rings. The molecule has 2 heterocycles. The third-order valence-corrected chi connectivity index (χ3v) is 4.22. The van der Waals surface area contributed by atoms with E-state index in [0.29, 0.717) is 31.7 Å². The molecule has 1 aliphatic rings. The van der Waals surface area contributed by atoms with Crippen molar-refractivity contribution in [3.05, 3.63) is 47.0 Å². The molecule has 0 spiro atoms. The fourth-order valence-corrected chi connectivity index (χ4v) is 2.84. The minimum Gasteiger partial charge on any atom is -0.311 e. The van der Waals surface area contributed by atoms with Gasteiger partial charge in [-0.2, -0.15) is 5.10 Å². The van der Waals surface area contributed by atoms with Crippen molar-refractivity contribution in [2.24, 2.45) is 0 Å². The summed E-state index contributed by atoms with van der Waals surface area (Å²) in [6.45, 7) is 3.91. The Balaban J connectivity index is 1.57. The van der Waals surface area contributed by atoms with Crippen LogP contribution in [-0.4, -0.2) is 34.8 Å². The number of carbonyl (C=O) groups is 1. The van der Waals surface area contributed by atoms with Gasteiger partial charge in [0.25, 0.3) is 0 Å². The van der Waals surface area contributed by atoms with Crippen LogP contribution in [0.5, 0.6) is 0 Å². The van der Waals surface area contributed by atoms with Crippen LogP contribution in [0.3, 0.4) is 0 Å². The number of amides is 1. The summed E-state index contributed by atoms with van der Waals surface area (Å²) in [6, 6.07) is 4.19. The highest BCUT2D eigenvalue weighted by atomic mass is 35.5. The average Bonchev–Trinajstić information content (AvgIpc) is 3.09. The fourth-order valence-electron chi connectivity index (χ4n) is 2.72. The summed E-state index contributed by atoms with van der Waals surface area (Å²) in [5.74, 6) is -0.550. The van der Waals surface area contributed by atoms with Crippen LogP contribution in [0, 0.1) is 12.7 Å². The van der Waals surface area contributed by atoms with Gasteiger partial charge in [-0.15, -0.1) is 0 Å². The number of halogens is 2. The second-order valence-corrected chi connectivity index (χ2v) is 6.07. The summed E-state index contributed by atoms with van der Waals surface area (Å²) in [7, 11) is 0. The minimum absolute atomic E-state index is 0.0385. The quantitative estimate of drug-likeness (QED) is 0.912. The van der Waals surface area contributed by atoms with E-state index >= 15 is 0 Å². The van der Waals surface area contributed by atoms with Crippen LogP contribution in [0.1, 0.15) is 12.0 Å².